The van der Waals surface area contributed by atoms with Gasteiger partial charge >= 0.3 is 0 Å². The van der Waals surface area contributed by atoms with E-state index in [-0.39, 0.29) is 16.3 Å². The van der Waals surface area contributed by atoms with Gasteiger partial charge in [-0.1, -0.05) is 20.8 Å². The zero-order valence-corrected chi connectivity index (χ0v) is 6.39. The molecule has 10 heavy (non-hydrogen) atoms. The van der Waals surface area contributed by atoms with E-state index in [0.29, 0.717) is 5.56 Å². The molecular formula is C8H10O2. The minimum absolute atomic E-state index is 0.162. The third kappa shape index (κ3) is 0.897. The molecule has 0 aromatic heterocycles. The van der Waals surface area contributed by atoms with Gasteiger partial charge < -0.3 is 0 Å². The van der Waals surface area contributed by atoms with Crippen LogP contribution in [-0.4, -0.2) is 0 Å². The molecule has 0 radical (unpaired) electrons. The fourth-order valence-electron chi connectivity index (χ4n) is 0.874. The molecule has 0 atom stereocenters. The van der Waals surface area contributed by atoms with Gasteiger partial charge in [0.15, 0.2) is 0 Å². The van der Waals surface area contributed by atoms with Crippen LogP contribution < -0.4 is 10.9 Å². The van der Waals surface area contributed by atoms with E-state index in [4.69, 9.17) is 0 Å². The largest absolute Gasteiger partial charge is 0.286 e. The second-order valence-electron chi connectivity index (χ2n) is 3.50. The Morgan fingerprint density at radius 1 is 1.20 bits per heavy atom. The topological polar surface area (TPSA) is 34.1 Å². The lowest BCUT2D eigenvalue weighted by Gasteiger charge is -2.18. The molecule has 0 saturated heterocycles. The molecule has 2 heteroatoms. The molecule has 1 rings (SSSR count). The quantitative estimate of drug-likeness (QED) is 0.491. The summed E-state index contributed by atoms with van der Waals surface area (Å²) in [6.45, 7) is 5.76. The van der Waals surface area contributed by atoms with E-state index in [2.05, 4.69) is 0 Å². The summed E-state index contributed by atoms with van der Waals surface area (Å²) in [5.74, 6) is 0. The predicted octanol–water partition coefficient (Wildman–Crippen LogP) is 0.580. The molecule has 54 valence electrons. The van der Waals surface area contributed by atoms with Gasteiger partial charge in [0.05, 0.1) is 0 Å². The van der Waals surface area contributed by atoms with E-state index in [0.717, 1.165) is 0 Å². The van der Waals surface area contributed by atoms with E-state index < -0.39 is 0 Å². The highest BCUT2D eigenvalue weighted by Gasteiger charge is 2.22. The lowest BCUT2D eigenvalue weighted by atomic mass is 9.84. The van der Waals surface area contributed by atoms with Gasteiger partial charge in [-0.3, -0.25) is 9.59 Å². The summed E-state index contributed by atoms with van der Waals surface area (Å²) in [6, 6.07) is 1.42. The molecule has 0 aliphatic carbocycles. The summed E-state index contributed by atoms with van der Waals surface area (Å²) >= 11 is 0. The van der Waals surface area contributed by atoms with Crippen molar-refractivity contribution in [2.45, 2.75) is 26.2 Å². The average molecular weight is 138 g/mol. The Morgan fingerprint density at radius 3 is 1.80 bits per heavy atom. The third-order valence-electron chi connectivity index (χ3n) is 1.55. The van der Waals surface area contributed by atoms with Crippen molar-refractivity contribution in [2.75, 3.05) is 0 Å². The summed E-state index contributed by atoms with van der Waals surface area (Å²) in [5.41, 5.74) is -0.180. The monoisotopic (exact) mass is 138 g/mol. The molecule has 0 amide bonds. The zero-order valence-electron chi connectivity index (χ0n) is 6.39. The van der Waals surface area contributed by atoms with E-state index >= 15 is 0 Å². The second kappa shape index (κ2) is 1.78. The average Bonchev–Trinajstić information content (AvgIpc) is 1.79. The number of rotatable bonds is 0. The van der Waals surface area contributed by atoms with E-state index in [1.54, 1.807) is 0 Å². The van der Waals surface area contributed by atoms with Gasteiger partial charge in [-0.15, -0.1) is 0 Å². The fraction of sp³-hybridized carbons (Fsp3) is 0.500. The first-order valence-corrected chi connectivity index (χ1v) is 3.24. The van der Waals surface area contributed by atoms with Crippen molar-refractivity contribution in [3.63, 3.8) is 0 Å². The minimum Gasteiger partial charge on any atom is -0.286 e. The molecule has 0 aliphatic heterocycles. The van der Waals surface area contributed by atoms with Crippen molar-refractivity contribution < 1.29 is 0 Å². The van der Waals surface area contributed by atoms with Crippen molar-refractivity contribution in [1.29, 1.82) is 0 Å². The van der Waals surface area contributed by atoms with Crippen LogP contribution in [0.5, 0.6) is 0 Å². The van der Waals surface area contributed by atoms with Gasteiger partial charge in [0.1, 0.15) is 0 Å². The molecule has 0 bridgehead atoms. The molecule has 0 fully saturated rings. The van der Waals surface area contributed by atoms with E-state index in [1.165, 1.54) is 6.07 Å². The van der Waals surface area contributed by atoms with Crippen molar-refractivity contribution in [3.05, 3.63) is 32.1 Å². The smallest absolute Gasteiger partial charge is 0.229 e. The highest BCUT2D eigenvalue weighted by atomic mass is 16.2. The second-order valence-corrected chi connectivity index (χ2v) is 3.50. The predicted molar refractivity (Wildman–Crippen MR) is 40.1 cm³/mol. The highest BCUT2D eigenvalue weighted by molar-refractivity contribution is 5.26. The molecular weight excluding hydrogens is 128 g/mol. The van der Waals surface area contributed by atoms with Gasteiger partial charge in [-0.05, 0) is 11.5 Å². The lowest BCUT2D eigenvalue weighted by Crippen LogP contribution is -2.39. The molecule has 0 spiro atoms. The molecule has 2 nitrogen and oxygen atoms in total. The highest BCUT2D eigenvalue weighted by Crippen LogP contribution is 2.17. The van der Waals surface area contributed by atoms with Gasteiger partial charge in [0, 0.05) is 5.56 Å². The summed E-state index contributed by atoms with van der Waals surface area (Å²) < 4.78 is 0. The van der Waals surface area contributed by atoms with Crippen LogP contribution in [0.3, 0.4) is 0 Å². The standard InChI is InChI=1S/C8H10O2/c1-8(2,3)5-4-6(9)7(5)10/h4H,1-3H3. The Hall–Kier alpha value is -0.920. The van der Waals surface area contributed by atoms with Crippen molar-refractivity contribution >= 4 is 0 Å². The Balaban J connectivity index is 3.15. The number of hydrogen-bond acceptors (Lipinski definition) is 2. The SMILES string of the molecule is CC(C)(C)c1cc(=O)c1=O. The van der Waals surface area contributed by atoms with Crippen LogP contribution in [0.25, 0.3) is 0 Å². The first kappa shape index (κ1) is 7.19. The van der Waals surface area contributed by atoms with E-state index in [1.807, 2.05) is 20.8 Å². The van der Waals surface area contributed by atoms with Crippen LogP contribution in [0.4, 0.5) is 0 Å². The lowest BCUT2D eigenvalue weighted by molar-refractivity contribution is 0.578. The Labute approximate surface area is 59.2 Å². The van der Waals surface area contributed by atoms with Crippen LogP contribution in [0, 0.1) is 0 Å². The molecule has 0 saturated carbocycles. The van der Waals surface area contributed by atoms with Crippen molar-refractivity contribution in [1.82, 2.24) is 0 Å². The maximum absolute atomic E-state index is 10.8. The molecule has 0 aliphatic rings. The van der Waals surface area contributed by atoms with Crippen LogP contribution >= 0.6 is 0 Å². The number of hydrogen-bond donors (Lipinski definition) is 0. The normalized spacial score (nSPS) is 12.3. The Kier molecular flexibility index (Phi) is 1.28. The molecule has 1 aromatic rings. The van der Waals surface area contributed by atoms with Crippen LogP contribution in [-0.2, 0) is 5.41 Å². The molecule has 0 heterocycles. The summed E-state index contributed by atoms with van der Waals surface area (Å²) in [7, 11) is 0. The molecule has 1 aromatic carbocycles. The van der Waals surface area contributed by atoms with Crippen LogP contribution in [0.1, 0.15) is 26.3 Å². The van der Waals surface area contributed by atoms with E-state index in [9.17, 15) is 9.59 Å². The summed E-state index contributed by atoms with van der Waals surface area (Å²) in [5, 5.41) is 0. The first-order valence-electron chi connectivity index (χ1n) is 3.24. The minimum atomic E-state index is -0.357. The Morgan fingerprint density at radius 2 is 1.70 bits per heavy atom. The third-order valence-corrected chi connectivity index (χ3v) is 1.55. The molecule has 0 N–H and O–H groups in total. The summed E-state index contributed by atoms with van der Waals surface area (Å²) in [6.07, 6.45) is 0. The summed E-state index contributed by atoms with van der Waals surface area (Å²) in [4.78, 5) is 21.3. The van der Waals surface area contributed by atoms with Crippen LogP contribution in [0.15, 0.2) is 15.7 Å². The maximum atomic E-state index is 10.8. The van der Waals surface area contributed by atoms with Gasteiger partial charge in [0.2, 0.25) is 10.9 Å². The van der Waals surface area contributed by atoms with Gasteiger partial charge in [-0.2, -0.15) is 0 Å². The van der Waals surface area contributed by atoms with Crippen molar-refractivity contribution in [3.8, 4) is 0 Å². The van der Waals surface area contributed by atoms with Crippen molar-refractivity contribution in [2.24, 2.45) is 0 Å². The van der Waals surface area contributed by atoms with Gasteiger partial charge in [-0.25, -0.2) is 0 Å². The first-order chi connectivity index (χ1) is 4.43. The zero-order chi connectivity index (χ0) is 7.94. The van der Waals surface area contributed by atoms with Crippen LogP contribution in [0.2, 0.25) is 0 Å². The maximum Gasteiger partial charge on any atom is 0.229 e. The van der Waals surface area contributed by atoms with Gasteiger partial charge in [0.25, 0.3) is 0 Å². The Bertz CT molecular complexity index is 308. The fourth-order valence-corrected chi connectivity index (χ4v) is 0.874. The molecule has 0 unspecified atom stereocenters.